The van der Waals surface area contributed by atoms with Gasteiger partial charge in [0.2, 0.25) is 0 Å². The van der Waals surface area contributed by atoms with E-state index in [0.717, 1.165) is 22.0 Å². The van der Waals surface area contributed by atoms with Gasteiger partial charge in [0, 0.05) is 35.6 Å². The highest BCUT2D eigenvalue weighted by molar-refractivity contribution is 5.98. The molecule has 0 saturated heterocycles. The average molecular weight is 391 g/mol. The predicted octanol–water partition coefficient (Wildman–Crippen LogP) is 5.36. The Bertz CT molecular complexity index is 1020. The van der Waals surface area contributed by atoms with Crippen LogP contribution in [0, 0.1) is 12.8 Å². The quantitative estimate of drug-likeness (QED) is 0.595. The Morgan fingerprint density at radius 3 is 2.69 bits per heavy atom. The van der Waals surface area contributed by atoms with Crippen molar-refractivity contribution in [3.05, 3.63) is 70.9 Å². The van der Waals surface area contributed by atoms with E-state index in [1.807, 2.05) is 28.8 Å². The van der Waals surface area contributed by atoms with Gasteiger partial charge in [0.1, 0.15) is 5.69 Å². The molecule has 0 radical (unpaired) electrons. The van der Waals surface area contributed by atoms with Gasteiger partial charge in [0.25, 0.3) is 0 Å². The summed E-state index contributed by atoms with van der Waals surface area (Å²) in [5.41, 5.74) is 4.60. The summed E-state index contributed by atoms with van der Waals surface area (Å²) in [6, 6.07) is 16.8. The van der Waals surface area contributed by atoms with Gasteiger partial charge in [-0.2, -0.15) is 0 Å². The smallest absolute Gasteiger partial charge is 0.352 e. The number of hydrogen-bond acceptors (Lipinski definition) is 2. The molecule has 4 rings (SSSR count). The number of fused-ring (bicyclic) bond motifs is 1. The lowest BCUT2D eigenvalue weighted by Gasteiger charge is -2.29. The maximum atomic E-state index is 12.3. The van der Waals surface area contributed by atoms with Gasteiger partial charge in [-0.1, -0.05) is 67.8 Å². The van der Waals surface area contributed by atoms with Crippen molar-refractivity contribution in [1.82, 2.24) is 9.88 Å². The van der Waals surface area contributed by atoms with Gasteiger partial charge in [-0.05, 0) is 37.3 Å². The maximum Gasteiger partial charge on any atom is 0.352 e. The highest BCUT2D eigenvalue weighted by Crippen LogP contribution is 2.29. The molecule has 2 atom stereocenters. The van der Waals surface area contributed by atoms with E-state index in [2.05, 4.69) is 43.4 Å². The lowest BCUT2D eigenvalue weighted by molar-refractivity contribution is 0.0684. The Balaban J connectivity index is 1.73. The number of hydrogen-bond donors (Lipinski definition) is 2. The SMILES string of the molecule is Cc1cccc(Cn2c(C(=O)O)c(CN[C@H]3CCCC[C@@H]3C)c3ccccc32)c1. The van der Waals surface area contributed by atoms with Crippen LogP contribution >= 0.6 is 0 Å². The summed E-state index contributed by atoms with van der Waals surface area (Å²) in [7, 11) is 0. The molecule has 0 aliphatic heterocycles. The third-order valence-electron chi connectivity index (χ3n) is 6.35. The van der Waals surface area contributed by atoms with Crippen molar-refractivity contribution in [2.45, 2.75) is 58.7 Å². The van der Waals surface area contributed by atoms with Crippen LogP contribution in [-0.4, -0.2) is 21.7 Å². The summed E-state index contributed by atoms with van der Waals surface area (Å²) in [4.78, 5) is 12.3. The molecule has 3 aromatic rings. The molecule has 0 unspecified atom stereocenters. The van der Waals surface area contributed by atoms with Crippen LogP contribution in [0.15, 0.2) is 48.5 Å². The van der Waals surface area contributed by atoms with Gasteiger partial charge in [-0.15, -0.1) is 0 Å². The summed E-state index contributed by atoms with van der Waals surface area (Å²) in [5, 5.41) is 14.8. The lowest BCUT2D eigenvalue weighted by atomic mass is 9.86. The van der Waals surface area contributed by atoms with Crippen LogP contribution in [0.3, 0.4) is 0 Å². The van der Waals surface area contributed by atoms with E-state index in [1.54, 1.807) is 0 Å². The van der Waals surface area contributed by atoms with E-state index >= 15 is 0 Å². The van der Waals surface area contributed by atoms with E-state index < -0.39 is 5.97 Å². The average Bonchev–Trinajstić information content (AvgIpc) is 3.01. The van der Waals surface area contributed by atoms with E-state index in [4.69, 9.17) is 0 Å². The minimum atomic E-state index is -0.859. The van der Waals surface area contributed by atoms with Gasteiger partial charge < -0.3 is 15.0 Å². The second kappa shape index (κ2) is 8.42. The summed E-state index contributed by atoms with van der Waals surface area (Å²) >= 11 is 0. The summed E-state index contributed by atoms with van der Waals surface area (Å²) < 4.78 is 1.97. The van der Waals surface area contributed by atoms with Crippen LogP contribution in [0.25, 0.3) is 10.9 Å². The van der Waals surface area contributed by atoms with Crippen molar-refractivity contribution in [3.8, 4) is 0 Å². The molecule has 4 nitrogen and oxygen atoms in total. The van der Waals surface area contributed by atoms with Crippen LogP contribution < -0.4 is 5.32 Å². The highest BCUT2D eigenvalue weighted by Gasteiger charge is 2.25. The van der Waals surface area contributed by atoms with E-state index in [1.165, 1.54) is 31.2 Å². The molecular weight excluding hydrogens is 360 g/mol. The molecular formula is C25H30N2O2. The Hall–Kier alpha value is -2.59. The number of nitrogens with one attached hydrogen (secondary N) is 1. The normalized spacial score (nSPS) is 19.5. The van der Waals surface area contributed by atoms with Crippen molar-refractivity contribution in [3.63, 3.8) is 0 Å². The zero-order valence-corrected chi connectivity index (χ0v) is 17.3. The first-order chi connectivity index (χ1) is 14.0. The number of aromatic nitrogens is 1. The number of carboxylic acids is 1. The monoisotopic (exact) mass is 390 g/mol. The number of carboxylic acid groups (broad SMARTS) is 1. The number of benzene rings is 2. The fourth-order valence-corrected chi connectivity index (χ4v) is 4.81. The third kappa shape index (κ3) is 4.08. The van der Waals surface area contributed by atoms with Crippen molar-refractivity contribution in [1.29, 1.82) is 0 Å². The summed E-state index contributed by atoms with van der Waals surface area (Å²) in [6.45, 7) is 5.52. The fourth-order valence-electron chi connectivity index (χ4n) is 4.81. The molecule has 29 heavy (non-hydrogen) atoms. The molecule has 152 valence electrons. The van der Waals surface area contributed by atoms with Crippen LogP contribution in [-0.2, 0) is 13.1 Å². The highest BCUT2D eigenvalue weighted by atomic mass is 16.4. The number of para-hydroxylation sites is 1. The molecule has 1 fully saturated rings. The standard InChI is InChI=1S/C25H30N2O2/c1-17-8-7-10-19(14-17)16-27-23-13-6-4-11-20(23)21(24(27)25(28)29)15-26-22-12-5-3-9-18(22)2/h4,6-8,10-11,13-14,18,22,26H,3,5,9,12,15-16H2,1-2H3,(H,28,29)/t18-,22-/m0/s1. The summed E-state index contributed by atoms with van der Waals surface area (Å²) in [5.74, 6) is -0.222. The molecule has 2 aromatic carbocycles. The van der Waals surface area contributed by atoms with E-state index in [9.17, 15) is 9.90 Å². The Labute approximate surface area is 172 Å². The molecule has 1 heterocycles. The third-order valence-corrected chi connectivity index (χ3v) is 6.35. The second-order valence-corrected chi connectivity index (χ2v) is 8.47. The van der Waals surface area contributed by atoms with Crippen LogP contribution in [0.5, 0.6) is 0 Å². The van der Waals surface area contributed by atoms with Gasteiger partial charge in [0.15, 0.2) is 0 Å². The predicted molar refractivity (Wildman–Crippen MR) is 117 cm³/mol. The van der Waals surface area contributed by atoms with Gasteiger partial charge in [0.05, 0.1) is 0 Å². The topological polar surface area (TPSA) is 54.3 Å². The minimum absolute atomic E-state index is 0.406. The molecule has 1 aromatic heterocycles. The molecule has 4 heteroatoms. The number of rotatable bonds is 6. The molecule has 1 aliphatic carbocycles. The van der Waals surface area contributed by atoms with Crippen molar-refractivity contribution < 1.29 is 9.90 Å². The van der Waals surface area contributed by atoms with E-state index in [-0.39, 0.29) is 0 Å². The molecule has 1 aliphatic rings. The largest absolute Gasteiger partial charge is 0.477 e. The first-order valence-corrected chi connectivity index (χ1v) is 10.7. The Morgan fingerprint density at radius 1 is 1.14 bits per heavy atom. The van der Waals surface area contributed by atoms with Gasteiger partial charge in [-0.3, -0.25) is 0 Å². The van der Waals surface area contributed by atoms with Crippen LogP contribution in [0.1, 0.15) is 59.8 Å². The molecule has 0 spiro atoms. The number of nitrogens with zero attached hydrogens (tertiary/aromatic N) is 1. The first-order valence-electron chi connectivity index (χ1n) is 10.7. The fraction of sp³-hybridized carbons (Fsp3) is 0.400. The van der Waals surface area contributed by atoms with E-state index in [0.29, 0.717) is 30.7 Å². The summed E-state index contributed by atoms with van der Waals surface area (Å²) in [6.07, 6.45) is 4.97. The molecule has 0 amide bonds. The van der Waals surface area contributed by atoms with Crippen LogP contribution in [0.4, 0.5) is 0 Å². The lowest BCUT2D eigenvalue weighted by Crippen LogP contribution is -2.37. The second-order valence-electron chi connectivity index (χ2n) is 8.47. The molecule has 0 bridgehead atoms. The molecule has 1 saturated carbocycles. The van der Waals surface area contributed by atoms with Crippen molar-refractivity contribution >= 4 is 16.9 Å². The van der Waals surface area contributed by atoms with Crippen molar-refractivity contribution in [2.75, 3.05) is 0 Å². The Kier molecular flexibility index (Phi) is 5.72. The van der Waals surface area contributed by atoms with Crippen LogP contribution in [0.2, 0.25) is 0 Å². The van der Waals surface area contributed by atoms with Gasteiger partial charge >= 0.3 is 5.97 Å². The zero-order chi connectivity index (χ0) is 20.4. The Morgan fingerprint density at radius 2 is 1.93 bits per heavy atom. The zero-order valence-electron chi connectivity index (χ0n) is 17.3. The molecule has 2 N–H and O–H groups in total. The first kappa shape index (κ1) is 19.7. The number of carbonyl (C=O) groups is 1. The van der Waals surface area contributed by atoms with Gasteiger partial charge in [-0.25, -0.2) is 4.79 Å². The minimum Gasteiger partial charge on any atom is -0.477 e. The number of aryl methyl sites for hydroxylation is 1. The number of aromatic carboxylic acids is 1. The maximum absolute atomic E-state index is 12.3. The van der Waals surface area contributed by atoms with Crippen molar-refractivity contribution in [2.24, 2.45) is 5.92 Å².